The van der Waals surface area contributed by atoms with Crippen LogP contribution in [-0.2, 0) is 9.53 Å². The summed E-state index contributed by atoms with van der Waals surface area (Å²) in [5.41, 5.74) is 0. The van der Waals surface area contributed by atoms with Crippen molar-refractivity contribution in [2.75, 3.05) is 0 Å². The summed E-state index contributed by atoms with van der Waals surface area (Å²) in [4.78, 5) is 11.4. The van der Waals surface area contributed by atoms with Gasteiger partial charge < -0.3 is 10.1 Å². The largest absolute Gasteiger partial charge is 0.361 e. The molecule has 0 bridgehead atoms. The number of hydrogen-bond acceptors (Lipinski definition) is 3. The van der Waals surface area contributed by atoms with Gasteiger partial charge in [-0.1, -0.05) is 19.7 Å². The van der Waals surface area contributed by atoms with Gasteiger partial charge in [0.05, 0.1) is 20.0 Å². The molecule has 120 valence electrons. The number of ether oxygens (including phenoxy) is 1. The lowest BCUT2D eigenvalue weighted by atomic mass is 9.96. The Morgan fingerprint density at radius 2 is 1.90 bits per heavy atom. The Labute approximate surface area is 127 Å². The molecule has 0 saturated heterocycles. The van der Waals surface area contributed by atoms with E-state index in [4.69, 9.17) is 12.6 Å². The molecule has 0 rings (SSSR count). The van der Waals surface area contributed by atoms with Crippen LogP contribution in [0.5, 0.6) is 0 Å². The molecule has 0 aliphatic carbocycles. The Balaban J connectivity index is 4.61. The normalized spacial score (nSPS) is 15.6. The lowest BCUT2D eigenvalue weighted by Crippen LogP contribution is -2.40. The number of nitrogens with one attached hydrogen (secondary N) is 2. The van der Waals surface area contributed by atoms with Gasteiger partial charge in [-0.2, -0.15) is 4.39 Å². The minimum Gasteiger partial charge on any atom is -0.361 e. The maximum atomic E-state index is 13.9. The van der Waals surface area contributed by atoms with Crippen LogP contribution in [0.1, 0.15) is 47.0 Å². The Kier molecular flexibility index (Phi) is 10.3. The van der Waals surface area contributed by atoms with Gasteiger partial charge in [0.25, 0.3) is 0 Å². The molecule has 0 saturated carbocycles. The molecule has 0 heterocycles. The number of unbranched alkanes of at least 4 members (excludes halogenated alkanes) is 1. The second-order valence-electron chi connectivity index (χ2n) is 5.10. The monoisotopic (exact) mass is 302 g/mol. The van der Waals surface area contributed by atoms with Gasteiger partial charge in [-0.05, 0) is 27.2 Å². The van der Waals surface area contributed by atoms with Gasteiger partial charge in [0.1, 0.15) is 6.23 Å². The number of amides is 1. The van der Waals surface area contributed by atoms with E-state index in [0.717, 1.165) is 6.42 Å². The summed E-state index contributed by atoms with van der Waals surface area (Å²) in [6.07, 6.45) is 0.877. The van der Waals surface area contributed by atoms with E-state index in [1.54, 1.807) is 6.92 Å². The summed E-state index contributed by atoms with van der Waals surface area (Å²) in [6, 6.07) is -1.05. The summed E-state index contributed by atoms with van der Waals surface area (Å²) < 4.78 is 33.0. The first-order valence-electron chi connectivity index (χ1n) is 7.28. The highest BCUT2D eigenvalue weighted by molar-refractivity contribution is 6.09. The minimum absolute atomic E-state index is 0.0587. The molecule has 1 amide bonds. The minimum atomic E-state index is -1.30. The van der Waals surface area contributed by atoms with E-state index in [9.17, 15) is 13.6 Å². The molecule has 2 N–H and O–H groups in total. The van der Waals surface area contributed by atoms with Crippen molar-refractivity contribution in [1.82, 2.24) is 10.6 Å². The van der Waals surface area contributed by atoms with E-state index in [1.165, 1.54) is 0 Å². The molecule has 0 unspecified atom stereocenters. The van der Waals surface area contributed by atoms with E-state index < -0.39 is 30.0 Å². The molecule has 0 aliphatic heterocycles. The zero-order valence-corrected chi connectivity index (χ0v) is 13.2. The summed E-state index contributed by atoms with van der Waals surface area (Å²) >= 11 is 0. The molecule has 21 heavy (non-hydrogen) atoms. The fraction of sp³-hybridized carbons (Fsp3) is 0.786. The highest BCUT2D eigenvalue weighted by atomic mass is 19.2. The molecular weight excluding hydrogens is 277 g/mol. The first-order chi connectivity index (χ1) is 9.81. The highest BCUT2D eigenvalue weighted by Gasteiger charge is 2.21. The first kappa shape index (κ1) is 20.1. The van der Waals surface area contributed by atoms with Crippen LogP contribution in [0.2, 0.25) is 6.32 Å². The average molecular weight is 302 g/mol. The number of hydrogen-bond donors (Lipinski definition) is 2. The van der Waals surface area contributed by atoms with Crippen LogP contribution in [0.25, 0.3) is 0 Å². The molecule has 0 aliphatic rings. The lowest BCUT2D eigenvalue weighted by Gasteiger charge is -2.23. The van der Waals surface area contributed by atoms with Crippen molar-refractivity contribution in [1.29, 1.82) is 0 Å². The predicted molar refractivity (Wildman–Crippen MR) is 80.1 cm³/mol. The Morgan fingerprint density at radius 1 is 1.29 bits per heavy atom. The molecule has 0 fully saturated rings. The van der Waals surface area contributed by atoms with Gasteiger partial charge in [0.15, 0.2) is 5.83 Å². The topological polar surface area (TPSA) is 50.4 Å². The third-order valence-electron chi connectivity index (χ3n) is 2.67. The smallest absolute Gasteiger partial charge is 0.227 e. The Bertz CT molecular complexity index is 352. The van der Waals surface area contributed by atoms with Crippen molar-refractivity contribution in [2.45, 2.75) is 71.7 Å². The molecule has 2 radical (unpaired) electrons. The molecule has 7 heteroatoms. The Hall–Kier alpha value is -0.945. The van der Waals surface area contributed by atoms with E-state index in [0.29, 0.717) is 6.42 Å². The SMILES string of the molecule is [B]C[C@H](N[C@H](C)OC(C)C)/C(F)=C(/F)NC(=O)CCCC. The molecule has 0 spiro atoms. The van der Waals surface area contributed by atoms with Crippen molar-refractivity contribution < 1.29 is 18.3 Å². The quantitative estimate of drug-likeness (QED) is 0.370. The van der Waals surface area contributed by atoms with Gasteiger partial charge in [0, 0.05) is 6.42 Å². The zero-order valence-electron chi connectivity index (χ0n) is 13.2. The molecule has 0 aromatic carbocycles. The average Bonchev–Trinajstić information content (AvgIpc) is 2.40. The number of carbonyl (C=O) groups excluding carboxylic acids is 1. The van der Waals surface area contributed by atoms with Crippen LogP contribution in [0.3, 0.4) is 0 Å². The second-order valence-corrected chi connectivity index (χ2v) is 5.10. The van der Waals surface area contributed by atoms with E-state index in [2.05, 4.69) is 5.32 Å². The molecule has 0 aromatic rings. The summed E-state index contributed by atoms with van der Waals surface area (Å²) in [6.45, 7) is 7.24. The van der Waals surface area contributed by atoms with Crippen molar-refractivity contribution in [2.24, 2.45) is 0 Å². The summed E-state index contributed by atoms with van der Waals surface area (Å²) in [5, 5.41) is 4.63. The Morgan fingerprint density at radius 3 is 2.38 bits per heavy atom. The fourth-order valence-corrected chi connectivity index (χ4v) is 1.71. The molecule has 4 nitrogen and oxygen atoms in total. The third kappa shape index (κ3) is 8.83. The highest BCUT2D eigenvalue weighted by Crippen LogP contribution is 2.14. The van der Waals surface area contributed by atoms with Crippen molar-refractivity contribution in [3.63, 3.8) is 0 Å². The first-order valence-corrected chi connectivity index (χ1v) is 7.28. The van der Waals surface area contributed by atoms with E-state index in [-0.39, 0.29) is 18.8 Å². The number of carbonyl (C=O) groups is 1. The standard InChI is InChI=1S/C14H25BF2N2O2/c1-5-6-7-12(20)19-14(17)13(16)11(8-15)18-10(4)21-9(2)3/h9-11,18H,5-8H2,1-4H3,(H,19,20)/b14-13+/t10-,11-/m0/s1. The van der Waals surface area contributed by atoms with Crippen LogP contribution in [0.4, 0.5) is 8.78 Å². The number of rotatable bonds is 10. The lowest BCUT2D eigenvalue weighted by molar-refractivity contribution is -0.120. The number of halogens is 2. The van der Waals surface area contributed by atoms with Crippen LogP contribution < -0.4 is 10.6 Å². The van der Waals surface area contributed by atoms with Crippen LogP contribution in [0.15, 0.2) is 11.8 Å². The summed E-state index contributed by atoms with van der Waals surface area (Å²) in [5.74, 6) is -2.97. The molecular formula is C14H25BF2N2O2. The van der Waals surface area contributed by atoms with Crippen molar-refractivity contribution >= 4 is 13.8 Å². The van der Waals surface area contributed by atoms with Crippen LogP contribution >= 0.6 is 0 Å². The van der Waals surface area contributed by atoms with Crippen molar-refractivity contribution in [3.05, 3.63) is 11.8 Å². The van der Waals surface area contributed by atoms with Gasteiger partial charge in [0.2, 0.25) is 11.9 Å². The third-order valence-corrected chi connectivity index (χ3v) is 2.67. The fourth-order valence-electron chi connectivity index (χ4n) is 1.71. The maximum Gasteiger partial charge on any atom is 0.227 e. The molecule has 2 atom stereocenters. The van der Waals surface area contributed by atoms with Gasteiger partial charge in [-0.25, -0.2) is 4.39 Å². The van der Waals surface area contributed by atoms with E-state index >= 15 is 0 Å². The van der Waals surface area contributed by atoms with E-state index in [1.807, 2.05) is 26.1 Å². The van der Waals surface area contributed by atoms with Crippen LogP contribution in [0, 0.1) is 0 Å². The van der Waals surface area contributed by atoms with Gasteiger partial charge >= 0.3 is 0 Å². The van der Waals surface area contributed by atoms with Gasteiger partial charge in [-0.15, -0.1) is 0 Å². The predicted octanol–water partition coefficient (Wildman–Crippen LogP) is 2.72. The molecule has 0 aromatic heterocycles. The second kappa shape index (κ2) is 10.7. The van der Waals surface area contributed by atoms with Gasteiger partial charge in [-0.3, -0.25) is 10.1 Å². The zero-order chi connectivity index (χ0) is 16.4. The summed E-state index contributed by atoms with van der Waals surface area (Å²) in [7, 11) is 5.43. The van der Waals surface area contributed by atoms with Crippen molar-refractivity contribution in [3.8, 4) is 0 Å². The van der Waals surface area contributed by atoms with Crippen LogP contribution in [-0.4, -0.2) is 32.1 Å². The maximum absolute atomic E-state index is 13.9.